The molecule has 2 aromatic carbocycles. The van der Waals surface area contributed by atoms with Crippen molar-refractivity contribution in [3.63, 3.8) is 0 Å². The standard InChI is InChI=1S/C25H28N2O4S2/c1-16-12-21(13-22(17(16)2)24(28)29)33(30,31)27-20-10-11-23(26-14-20)32-15-18-6-8-19(9-7-18)25(3,4)5/h6-14,27H,15H2,1-5H3,(H,28,29). The van der Waals surface area contributed by atoms with Crippen LogP contribution in [0.1, 0.15) is 53.4 Å². The van der Waals surface area contributed by atoms with Crippen LogP contribution in [-0.4, -0.2) is 24.5 Å². The fourth-order valence-corrected chi connectivity index (χ4v) is 5.15. The number of hydrogen-bond donors (Lipinski definition) is 2. The van der Waals surface area contributed by atoms with E-state index >= 15 is 0 Å². The number of hydrogen-bond acceptors (Lipinski definition) is 5. The molecule has 0 fully saturated rings. The number of rotatable bonds is 7. The van der Waals surface area contributed by atoms with E-state index in [1.54, 1.807) is 37.7 Å². The number of sulfonamides is 1. The number of nitrogens with zero attached hydrogens (tertiary/aromatic N) is 1. The van der Waals surface area contributed by atoms with Gasteiger partial charge in [0.2, 0.25) is 0 Å². The van der Waals surface area contributed by atoms with E-state index in [-0.39, 0.29) is 15.9 Å². The fraction of sp³-hybridized carbons (Fsp3) is 0.280. The van der Waals surface area contributed by atoms with Crippen molar-refractivity contribution < 1.29 is 18.3 Å². The molecule has 3 rings (SSSR count). The maximum Gasteiger partial charge on any atom is 0.336 e. The maximum atomic E-state index is 12.8. The Balaban J connectivity index is 1.68. The number of carboxylic acid groups (broad SMARTS) is 1. The van der Waals surface area contributed by atoms with Gasteiger partial charge in [0.25, 0.3) is 10.0 Å². The van der Waals surface area contributed by atoms with Gasteiger partial charge in [0, 0.05) is 5.75 Å². The number of nitrogens with one attached hydrogen (secondary N) is 1. The molecule has 6 nitrogen and oxygen atoms in total. The Bertz CT molecular complexity index is 1260. The Kier molecular flexibility index (Phi) is 7.19. The molecule has 0 aliphatic heterocycles. The van der Waals surface area contributed by atoms with Crippen molar-refractivity contribution in [2.45, 2.75) is 55.7 Å². The summed E-state index contributed by atoms with van der Waals surface area (Å²) in [6.45, 7) is 9.89. The highest BCUT2D eigenvalue weighted by molar-refractivity contribution is 7.98. The zero-order valence-electron chi connectivity index (χ0n) is 19.3. The smallest absolute Gasteiger partial charge is 0.336 e. The van der Waals surface area contributed by atoms with Crippen molar-refractivity contribution in [1.29, 1.82) is 0 Å². The monoisotopic (exact) mass is 484 g/mol. The minimum absolute atomic E-state index is 0.0317. The van der Waals surface area contributed by atoms with Crippen molar-refractivity contribution in [1.82, 2.24) is 4.98 Å². The summed E-state index contributed by atoms with van der Waals surface area (Å²) in [7, 11) is -3.95. The molecule has 0 spiro atoms. The second-order valence-corrected chi connectivity index (χ2v) is 11.6. The van der Waals surface area contributed by atoms with E-state index in [0.717, 1.165) is 10.8 Å². The Morgan fingerprint density at radius 2 is 1.73 bits per heavy atom. The van der Waals surface area contributed by atoms with E-state index in [0.29, 0.717) is 16.8 Å². The van der Waals surface area contributed by atoms with E-state index in [1.807, 2.05) is 0 Å². The van der Waals surface area contributed by atoms with Gasteiger partial charge in [-0.3, -0.25) is 4.72 Å². The summed E-state index contributed by atoms with van der Waals surface area (Å²) in [6, 6.07) is 14.6. The average molecular weight is 485 g/mol. The lowest BCUT2D eigenvalue weighted by Crippen LogP contribution is -2.15. The van der Waals surface area contributed by atoms with Gasteiger partial charge in [0.15, 0.2) is 0 Å². The third kappa shape index (κ3) is 6.15. The molecule has 8 heteroatoms. The third-order valence-electron chi connectivity index (χ3n) is 5.38. The van der Waals surface area contributed by atoms with Crippen LogP contribution in [0.3, 0.4) is 0 Å². The second-order valence-electron chi connectivity index (χ2n) is 8.94. The molecule has 0 bridgehead atoms. The van der Waals surface area contributed by atoms with Crippen molar-refractivity contribution in [3.8, 4) is 0 Å². The summed E-state index contributed by atoms with van der Waals surface area (Å²) in [5.41, 5.74) is 3.99. The first kappa shape index (κ1) is 24.8. The normalized spacial score (nSPS) is 11.9. The van der Waals surface area contributed by atoms with E-state index in [4.69, 9.17) is 0 Å². The number of aromatic carboxylic acids is 1. The molecule has 1 heterocycles. The molecule has 0 unspecified atom stereocenters. The molecular weight excluding hydrogens is 456 g/mol. The summed E-state index contributed by atoms with van der Waals surface area (Å²) < 4.78 is 28.1. The Morgan fingerprint density at radius 3 is 2.27 bits per heavy atom. The van der Waals surface area contributed by atoms with Gasteiger partial charge in [0.05, 0.1) is 27.4 Å². The molecule has 3 aromatic rings. The molecule has 0 amide bonds. The molecule has 1 aromatic heterocycles. The lowest BCUT2D eigenvalue weighted by Gasteiger charge is -2.19. The molecule has 0 saturated heterocycles. The third-order valence-corrected chi connectivity index (χ3v) is 7.75. The number of benzene rings is 2. The van der Waals surface area contributed by atoms with Gasteiger partial charge in [0.1, 0.15) is 0 Å². The van der Waals surface area contributed by atoms with Crippen LogP contribution < -0.4 is 4.72 Å². The lowest BCUT2D eigenvalue weighted by atomic mass is 9.87. The van der Waals surface area contributed by atoms with Gasteiger partial charge in [-0.2, -0.15) is 0 Å². The molecule has 0 radical (unpaired) electrons. The van der Waals surface area contributed by atoms with Crippen LogP contribution in [0.4, 0.5) is 5.69 Å². The number of carboxylic acids is 1. The SMILES string of the molecule is Cc1cc(S(=O)(=O)Nc2ccc(SCc3ccc(C(C)(C)C)cc3)nc2)cc(C(=O)O)c1C. The van der Waals surface area contributed by atoms with Crippen LogP contribution in [0.25, 0.3) is 0 Å². The topological polar surface area (TPSA) is 96.4 Å². The van der Waals surface area contributed by atoms with Crippen molar-refractivity contribution in [3.05, 3.63) is 82.5 Å². The summed E-state index contributed by atoms with van der Waals surface area (Å²) in [5.74, 6) is -0.410. The van der Waals surface area contributed by atoms with Gasteiger partial charge in [-0.15, -0.1) is 11.8 Å². The van der Waals surface area contributed by atoms with Crippen molar-refractivity contribution in [2.75, 3.05) is 4.72 Å². The predicted molar refractivity (Wildman–Crippen MR) is 133 cm³/mol. The Morgan fingerprint density at radius 1 is 1.06 bits per heavy atom. The van der Waals surface area contributed by atoms with Gasteiger partial charge < -0.3 is 5.11 Å². The minimum Gasteiger partial charge on any atom is -0.478 e. The second kappa shape index (κ2) is 9.57. The van der Waals surface area contributed by atoms with E-state index < -0.39 is 16.0 Å². The van der Waals surface area contributed by atoms with Crippen LogP contribution in [0.15, 0.2) is 64.6 Å². The molecule has 0 atom stereocenters. The number of pyridine rings is 1. The molecule has 2 N–H and O–H groups in total. The zero-order valence-corrected chi connectivity index (χ0v) is 21.0. The largest absolute Gasteiger partial charge is 0.478 e. The predicted octanol–water partition coefficient (Wildman–Crippen LogP) is 5.79. The summed E-state index contributed by atoms with van der Waals surface area (Å²) in [6.07, 6.45) is 1.46. The van der Waals surface area contributed by atoms with E-state index in [2.05, 4.69) is 54.7 Å². The average Bonchev–Trinajstić information content (AvgIpc) is 2.74. The highest BCUT2D eigenvalue weighted by atomic mass is 32.2. The minimum atomic E-state index is -3.95. The van der Waals surface area contributed by atoms with Crippen LogP contribution in [0.5, 0.6) is 0 Å². The molecule has 0 aliphatic carbocycles. The molecule has 0 saturated carbocycles. The first-order chi connectivity index (χ1) is 15.4. The molecular formula is C25H28N2O4S2. The quantitative estimate of drug-likeness (QED) is 0.412. The van der Waals surface area contributed by atoms with E-state index in [1.165, 1.54) is 29.5 Å². The van der Waals surface area contributed by atoms with Gasteiger partial charge in [-0.25, -0.2) is 18.2 Å². The summed E-state index contributed by atoms with van der Waals surface area (Å²) in [5, 5.41) is 10.1. The van der Waals surface area contributed by atoms with Gasteiger partial charge in [-0.05, 0) is 65.8 Å². The first-order valence-electron chi connectivity index (χ1n) is 10.4. The van der Waals surface area contributed by atoms with Crippen LogP contribution in [0, 0.1) is 13.8 Å². The lowest BCUT2D eigenvalue weighted by molar-refractivity contribution is 0.0695. The maximum absolute atomic E-state index is 12.8. The first-order valence-corrected chi connectivity index (χ1v) is 12.9. The molecule has 174 valence electrons. The Hall–Kier alpha value is -2.84. The number of carbonyl (C=O) groups is 1. The number of aromatic nitrogens is 1. The Labute approximate surface area is 199 Å². The van der Waals surface area contributed by atoms with Crippen molar-refractivity contribution >= 4 is 33.4 Å². The van der Waals surface area contributed by atoms with Crippen LogP contribution >= 0.6 is 11.8 Å². The summed E-state index contributed by atoms with van der Waals surface area (Å²) in [4.78, 5) is 15.7. The zero-order chi connectivity index (χ0) is 24.4. The fourth-order valence-electron chi connectivity index (χ4n) is 3.20. The number of thioether (sulfide) groups is 1. The van der Waals surface area contributed by atoms with Crippen LogP contribution in [-0.2, 0) is 21.2 Å². The highest BCUT2D eigenvalue weighted by Crippen LogP contribution is 2.27. The van der Waals surface area contributed by atoms with Crippen molar-refractivity contribution in [2.24, 2.45) is 0 Å². The van der Waals surface area contributed by atoms with E-state index in [9.17, 15) is 18.3 Å². The highest BCUT2D eigenvalue weighted by Gasteiger charge is 2.20. The van der Waals surface area contributed by atoms with Crippen LogP contribution in [0.2, 0.25) is 0 Å². The summed E-state index contributed by atoms with van der Waals surface area (Å²) >= 11 is 1.57. The molecule has 33 heavy (non-hydrogen) atoms. The number of anilines is 1. The molecule has 0 aliphatic rings. The van der Waals surface area contributed by atoms with Gasteiger partial charge in [-0.1, -0.05) is 45.0 Å². The van der Waals surface area contributed by atoms with Gasteiger partial charge >= 0.3 is 5.97 Å². The number of aryl methyl sites for hydroxylation is 1.